The molecule has 160 valence electrons. The van der Waals surface area contributed by atoms with Gasteiger partial charge in [-0.25, -0.2) is 0 Å². The molecular formula is C22H42IO2PS. The summed E-state index contributed by atoms with van der Waals surface area (Å²) in [6.45, 7) is 6.09. The Kier molecular flexibility index (Phi) is 20.6. The predicted octanol–water partition coefficient (Wildman–Crippen LogP) is 8.36. The standard InChI is InChI=1S/C22H41O2PS.HI/c1-3-5-17-23-22(24-18-6-4-2)16-12-10-8-7-9-11-14-20(25)21-15-13-19-26-21;/h13,15,19-20,22H,3-12,14,16-18,25H2,1-2H3;1H. The SMILES string of the molecule is CCCCOC(CCCCCCCCC(P)c1cccs1)OCCCC.I. The Balaban J connectivity index is 0.00000676. The van der Waals surface area contributed by atoms with Gasteiger partial charge in [0, 0.05) is 23.7 Å². The highest BCUT2D eigenvalue weighted by Gasteiger charge is 2.09. The summed E-state index contributed by atoms with van der Waals surface area (Å²) in [6, 6.07) is 4.41. The molecule has 0 aromatic carbocycles. The fraction of sp³-hybridized carbons (Fsp3) is 0.818. The molecule has 1 rings (SSSR count). The zero-order valence-corrected chi connectivity index (χ0v) is 21.8. The van der Waals surface area contributed by atoms with Crippen LogP contribution in [0.5, 0.6) is 0 Å². The van der Waals surface area contributed by atoms with Crippen LogP contribution in [-0.2, 0) is 9.47 Å². The maximum Gasteiger partial charge on any atom is 0.157 e. The van der Waals surface area contributed by atoms with Crippen LogP contribution in [-0.4, -0.2) is 19.5 Å². The van der Waals surface area contributed by atoms with Gasteiger partial charge in [-0.05, 0) is 43.6 Å². The van der Waals surface area contributed by atoms with E-state index in [0.717, 1.165) is 32.5 Å². The van der Waals surface area contributed by atoms with Gasteiger partial charge in [0.15, 0.2) is 6.29 Å². The predicted molar refractivity (Wildman–Crippen MR) is 135 cm³/mol. The molecule has 0 bridgehead atoms. The van der Waals surface area contributed by atoms with Crippen molar-refractivity contribution >= 4 is 44.6 Å². The van der Waals surface area contributed by atoms with E-state index in [0.29, 0.717) is 5.66 Å². The molecule has 1 aromatic heterocycles. The van der Waals surface area contributed by atoms with Crippen molar-refractivity contribution in [2.75, 3.05) is 13.2 Å². The lowest BCUT2D eigenvalue weighted by Gasteiger charge is -2.18. The molecule has 0 aliphatic carbocycles. The molecule has 0 N–H and O–H groups in total. The topological polar surface area (TPSA) is 18.5 Å². The number of halogens is 1. The summed E-state index contributed by atoms with van der Waals surface area (Å²) in [5, 5.41) is 2.18. The van der Waals surface area contributed by atoms with Gasteiger partial charge >= 0.3 is 0 Å². The summed E-state index contributed by atoms with van der Waals surface area (Å²) in [5.41, 5.74) is 0.649. The maximum atomic E-state index is 5.91. The third-order valence-electron chi connectivity index (χ3n) is 4.72. The molecule has 27 heavy (non-hydrogen) atoms. The largest absolute Gasteiger partial charge is 0.353 e. The molecule has 1 heterocycles. The molecule has 0 aliphatic rings. The van der Waals surface area contributed by atoms with E-state index in [1.807, 2.05) is 11.3 Å². The fourth-order valence-electron chi connectivity index (χ4n) is 2.96. The summed E-state index contributed by atoms with van der Waals surface area (Å²) in [6.07, 6.45) is 15.0. The molecule has 0 spiro atoms. The normalized spacial score (nSPS) is 12.3. The number of ether oxygens (including phenoxy) is 2. The minimum atomic E-state index is 0. The van der Waals surface area contributed by atoms with Gasteiger partial charge in [-0.1, -0.05) is 64.9 Å². The molecule has 0 amide bonds. The van der Waals surface area contributed by atoms with Crippen molar-refractivity contribution in [3.63, 3.8) is 0 Å². The molecular weight excluding hydrogens is 486 g/mol. The Labute approximate surface area is 191 Å². The lowest BCUT2D eigenvalue weighted by atomic mass is 10.1. The average molecular weight is 529 g/mol. The summed E-state index contributed by atoms with van der Waals surface area (Å²) in [4.78, 5) is 1.51. The van der Waals surface area contributed by atoms with Gasteiger partial charge in [0.25, 0.3) is 0 Å². The molecule has 0 radical (unpaired) electrons. The van der Waals surface area contributed by atoms with Gasteiger partial charge in [-0.2, -0.15) is 0 Å². The second-order valence-corrected chi connectivity index (χ2v) is 8.98. The number of hydrogen-bond donors (Lipinski definition) is 0. The van der Waals surface area contributed by atoms with Crippen LogP contribution in [0.2, 0.25) is 0 Å². The third-order valence-corrected chi connectivity index (χ3v) is 6.66. The Hall–Kier alpha value is 0.780. The van der Waals surface area contributed by atoms with E-state index in [-0.39, 0.29) is 30.3 Å². The summed E-state index contributed by atoms with van der Waals surface area (Å²) in [7, 11) is 3.01. The van der Waals surface area contributed by atoms with Gasteiger partial charge in [-0.15, -0.1) is 44.6 Å². The second kappa shape index (κ2) is 20.1. The monoisotopic (exact) mass is 528 g/mol. The zero-order chi connectivity index (χ0) is 18.9. The molecule has 2 unspecified atom stereocenters. The Morgan fingerprint density at radius 3 is 1.93 bits per heavy atom. The Morgan fingerprint density at radius 1 is 0.852 bits per heavy atom. The second-order valence-electron chi connectivity index (χ2n) is 7.20. The van der Waals surface area contributed by atoms with E-state index in [1.165, 1.54) is 62.7 Å². The van der Waals surface area contributed by atoms with Crippen LogP contribution < -0.4 is 0 Å². The maximum absolute atomic E-state index is 5.91. The van der Waals surface area contributed by atoms with Crippen molar-refractivity contribution in [1.82, 2.24) is 0 Å². The lowest BCUT2D eigenvalue weighted by molar-refractivity contribution is -0.147. The van der Waals surface area contributed by atoms with Gasteiger partial charge in [0.05, 0.1) is 0 Å². The van der Waals surface area contributed by atoms with E-state index < -0.39 is 0 Å². The van der Waals surface area contributed by atoms with E-state index in [2.05, 4.69) is 40.6 Å². The van der Waals surface area contributed by atoms with Gasteiger partial charge in [0.2, 0.25) is 0 Å². The number of hydrogen-bond acceptors (Lipinski definition) is 3. The van der Waals surface area contributed by atoms with Gasteiger partial charge < -0.3 is 9.47 Å². The summed E-state index contributed by atoms with van der Waals surface area (Å²) < 4.78 is 11.8. The fourth-order valence-corrected chi connectivity index (χ4v) is 4.31. The van der Waals surface area contributed by atoms with Crippen LogP contribution in [0.25, 0.3) is 0 Å². The Bertz CT molecular complexity index is 393. The minimum Gasteiger partial charge on any atom is -0.353 e. The summed E-state index contributed by atoms with van der Waals surface area (Å²) >= 11 is 1.88. The van der Waals surface area contributed by atoms with E-state index in [9.17, 15) is 0 Å². The molecule has 1 aromatic rings. The number of rotatable bonds is 18. The highest BCUT2D eigenvalue weighted by Crippen LogP contribution is 2.32. The molecule has 2 atom stereocenters. The number of unbranched alkanes of at least 4 members (excludes halogenated alkanes) is 7. The van der Waals surface area contributed by atoms with Gasteiger partial charge in [0.1, 0.15) is 0 Å². The highest BCUT2D eigenvalue weighted by atomic mass is 127. The van der Waals surface area contributed by atoms with Crippen LogP contribution in [0.1, 0.15) is 101 Å². The molecule has 0 saturated carbocycles. The van der Waals surface area contributed by atoms with Crippen LogP contribution in [0.3, 0.4) is 0 Å². The van der Waals surface area contributed by atoms with Crippen molar-refractivity contribution in [2.45, 2.75) is 103 Å². The third kappa shape index (κ3) is 15.3. The van der Waals surface area contributed by atoms with Crippen LogP contribution in [0.15, 0.2) is 17.5 Å². The van der Waals surface area contributed by atoms with Crippen molar-refractivity contribution in [1.29, 1.82) is 0 Å². The Morgan fingerprint density at radius 2 is 1.41 bits per heavy atom. The van der Waals surface area contributed by atoms with Crippen LogP contribution in [0, 0.1) is 0 Å². The minimum absolute atomic E-state index is 0. The van der Waals surface area contributed by atoms with E-state index in [1.54, 1.807) is 0 Å². The zero-order valence-electron chi connectivity index (χ0n) is 17.5. The van der Waals surface area contributed by atoms with Gasteiger partial charge in [-0.3, -0.25) is 0 Å². The lowest BCUT2D eigenvalue weighted by Crippen LogP contribution is -2.18. The quantitative estimate of drug-likeness (QED) is 0.0825. The van der Waals surface area contributed by atoms with Crippen molar-refractivity contribution in [3.05, 3.63) is 22.4 Å². The highest BCUT2D eigenvalue weighted by molar-refractivity contribution is 14.0. The molecule has 2 nitrogen and oxygen atoms in total. The van der Waals surface area contributed by atoms with Crippen molar-refractivity contribution < 1.29 is 9.47 Å². The molecule has 5 heteroatoms. The van der Waals surface area contributed by atoms with Crippen molar-refractivity contribution in [2.24, 2.45) is 0 Å². The number of thiophene rings is 1. The van der Waals surface area contributed by atoms with E-state index >= 15 is 0 Å². The molecule has 0 aliphatic heterocycles. The van der Waals surface area contributed by atoms with Crippen molar-refractivity contribution in [3.8, 4) is 0 Å². The van der Waals surface area contributed by atoms with E-state index in [4.69, 9.17) is 9.47 Å². The summed E-state index contributed by atoms with van der Waals surface area (Å²) in [5.74, 6) is 0. The smallest absolute Gasteiger partial charge is 0.157 e. The first-order valence-corrected chi connectivity index (χ1v) is 12.3. The first kappa shape index (κ1) is 27.8. The first-order valence-electron chi connectivity index (χ1n) is 10.8. The molecule has 0 saturated heterocycles. The molecule has 0 fully saturated rings. The van der Waals surface area contributed by atoms with Crippen LogP contribution in [0.4, 0.5) is 0 Å². The van der Waals surface area contributed by atoms with Crippen LogP contribution >= 0.6 is 44.6 Å². The first-order chi connectivity index (χ1) is 12.8. The average Bonchev–Trinajstić information content (AvgIpc) is 3.18.